The number of benzene rings is 2. The third-order valence-electron chi connectivity index (χ3n) is 4.46. The average Bonchev–Trinajstić information content (AvgIpc) is 2.83. The lowest BCUT2D eigenvalue weighted by atomic mass is 10.2. The van der Waals surface area contributed by atoms with Crippen LogP contribution < -0.4 is 10.4 Å². The molecule has 1 unspecified atom stereocenters. The number of hydrogen-bond acceptors (Lipinski definition) is 6. The molecule has 2 rings (SSSR count). The summed E-state index contributed by atoms with van der Waals surface area (Å²) >= 11 is 0. The Morgan fingerprint density at radius 2 is 1.13 bits per heavy atom. The second-order valence-corrected chi connectivity index (χ2v) is 12.1. The predicted octanol–water partition coefficient (Wildman–Crippen LogP) is 5.22. The molecule has 0 aliphatic heterocycles. The Morgan fingerprint density at radius 1 is 0.684 bits per heavy atom. The van der Waals surface area contributed by atoms with Gasteiger partial charge in [0.1, 0.15) is 0 Å². The van der Waals surface area contributed by atoms with Gasteiger partial charge in [-0.25, -0.2) is 0 Å². The van der Waals surface area contributed by atoms with E-state index in [0.717, 1.165) is 19.2 Å². The maximum absolute atomic E-state index is 12.6. The van der Waals surface area contributed by atoms with Crippen LogP contribution in [0.4, 0.5) is 35.1 Å². The van der Waals surface area contributed by atoms with Gasteiger partial charge >= 0.3 is 36.8 Å². The highest BCUT2D eigenvalue weighted by Gasteiger charge is 2.54. The van der Waals surface area contributed by atoms with E-state index in [9.17, 15) is 35.1 Å². The van der Waals surface area contributed by atoms with Crippen LogP contribution in [-0.2, 0) is 32.7 Å². The lowest BCUT2D eigenvalue weighted by Gasteiger charge is -2.28. The number of alkyl halides is 8. The van der Waals surface area contributed by atoms with E-state index in [-0.39, 0.29) is 5.19 Å². The van der Waals surface area contributed by atoms with Crippen molar-refractivity contribution >= 4 is 28.0 Å². The van der Waals surface area contributed by atoms with Crippen LogP contribution in [0.2, 0.25) is 0 Å². The molecule has 0 N–H and O–H groups in total. The molecule has 0 radical (unpaired) electrons. The van der Waals surface area contributed by atoms with Crippen LogP contribution in [0, 0.1) is 0 Å². The van der Waals surface area contributed by atoms with Gasteiger partial charge in [-0.2, -0.15) is 22.0 Å². The summed E-state index contributed by atoms with van der Waals surface area (Å²) in [4.78, 5) is 0. The van der Waals surface area contributed by atoms with Crippen molar-refractivity contribution in [3.05, 3.63) is 60.2 Å². The molecular formula is C22H28F8O6Si2. The zero-order valence-electron chi connectivity index (χ0n) is 20.9. The van der Waals surface area contributed by atoms with Crippen molar-refractivity contribution in [3.63, 3.8) is 0 Å². The number of halogens is 8. The molecule has 0 aliphatic carbocycles. The Hall–Kier alpha value is -1.93. The summed E-state index contributed by atoms with van der Waals surface area (Å²) in [6, 6.07) is 11.4. The molecule has 1 atom stereocenters. The quantitative estimate of drug-likeness (QED) is 0.248. The molecule has 0 spiro atoms. The van der Waals surface area contributed by atoms with E-state index >= 15 is 0 Å². The molecule has 0 amide bonds. The SMILES string of the molecule is CCO[Si](OCC)(OCC)c1ccc(C(F)(F)F)cc1.CO[Si](OC(F)F)(OC(F)(F)F)c1ccccc1. The fraction of sp³-hybridized carbons (Fsp3) is 0.455. The Kier molecular flexibility index (Phi) is 13.5. The van der Waals surface area contributed by atoms with Gasteiger partial charge in [-0.15, -0.1) is 13.2 Å². The van der Waals surface area contributed by atoms with Crippen LogP contribution in [0.25, 0.3) is 0 Å². The minimum Gasteiger partial charge on any atom is -0.373 e. The standard InChI is InChI=1S/C13H19F3O3Si.C9H9F5O3Si/c1-4-17-20(18-5-2,19-6-3)12-9-7-11(8-10-12)13(14,15)16;1-15-18(16-8(10)11,17-9(12,13)14)7-5-3-2-4-6-7/h7-10H,4-6H2,1-3H3;2-6,8H,1H3. The van der Waals surface area contributed by atoms with Crippen molar-refractivity contribution in [2.24, 2.45) is 0 Å². The minimum atomic E-state index is -5.15. The van der Waals surface area contributed by atoms with Gasteiger partial charge in [-0.3, -0.25) is 4.43 Å². The fourth-order valence-corrected chi connectivity index (χ4v) is 7.40. The molecule has 0 bridgehead atoms. The maximum Gasteiger partial charge on any atom is 0.547 e. The zero-order valence-corrected chi connectivity index (χ0v) is 22.9. The van der Waals surface area contributed by atoms with Crippen molar-refractivity contribution in [1.29, 1.82) is 0 Å². The molecule has 216 valence electrons. The molecule has 0 aromatic heterocycles. The maximum atomic E-state index is 12.6. The molecule has 0 saturated carbocycles. The summed E-state index contributed by atoms with van der Waals surface area (Å²) in [5.41, 5.74) is -0.700. The summed E-state index contributed by atoms with van der Waals surface area (Å²) in [6.45, 7) is 3.05. The van der Waals surface area contributed by atoms with Crippen molar-refractivity contribution in [1.82, 2.24) is 0 Å². The first kappa shape index (κ1) is 34.1. The smallest absolute Gasteiger partial charge is 0.373 e. The van der Waals surface area contributed by atoms with Gasteiger partial charge in [0.05, 0.1) is 5.56 Å². The molecule has 0 saturated heterocycles. The Balaban J connectivity index is 0.000000382. The topological polar surface area (TPSA) is 55.4 Å². The van der Waals surface area contributed by atoms with E-state index in [0.29, 0.717) is 25.0 Å². The predicted molar refractivity (Wildman–Crippen MR) is 125 cm³/mol. The summed E-state index contributed by atoms with van der Waals surface area (Å²) in [5, 5.41) is 0.334. The molecule has 2 aromatic carbocycles. The van der Waals surface area contributed by atoms with E-state index in [1.54, 1.807) is 20.8 Å². The molecule has 0 heterocycles. The largest absolute Gasteiger partial charge is 0.547 e. The van der Waals surface area contributed by atoms with Gasteiger partial charge in [0.15, 0.2) is 0 Å². The molecule has 38 heavy (non-hydrogen) atoms. The summed E-state index contributed by atoms with van der Waals surface area (Å²) in [5.74, 6) is 0. The molecule has 6 nitrogen and oxygen atoms in total. The van der Waals surface area contributed by atoms with Gasteiger partial charge in [0, 0.05) is 37.3 Å². The van der Waals surface area contributed by atoms with Crippen LogP contribution in [0.5, 0.6) is 0 Å². The Bertz CT molecular complexity index is 915. The van der Waals surface area contributed by atoms with Crippen LogP contribution >= 0.6 is 0 Å². The molecule has 0 fully saturated rings. The molecular weight excluding hydrogens is 568 g/mol. The molecule has 2 aromatic rings. The fourth-order valence-electron chi connectivity index (χ4n) is 3.08. The van der Waals surface area contributed by atoms with Crippen LogP contribution in [0.1, 0.15) is 26.3 Å². The number of rotatable bonds is 12. The molecule has 16 heteroatoms. The summed E-state index contributed by atoms with van der Waals surface area (Å²) in [7, 11) is -7.01. The first-order chi connectivity index (χ1) is 17.7. The van der Waals surface area contributed by atoms with Crippen LogP contribution in [0.15, 0.2) is 54.6 Å². The first-order valence-corrected chi connectivity index (χ1v) is 14.6. The van der Waals surface area contributed by atoms with E-state index < -0.39 is 42.3 Å². The Labute approximate surface area is 217 Å². The molecule has 0 aliphatic rings. The average molecular weight is 597 g/mol. The summed E-state index contributed by atoms with van der Waals surface area (Å²) in [6.07, 6.45) is -9.50. The van der Waals surface area contributed by atoms with Gasteiger partial charge < -0.3 is 22.1 Å². The lowest BCUT2D eigenvalue weighted by molar-refractivity contribution is -0.299. The van der Waals surface area contributed by atoms with Crippen LogP contribution in [-0.4, -0.2) is 57.5 Å². The number of hydrogen-bond donors (Lipinski definition) is 0. The van der Waals surface area contributed by atoms with Crippen molar-refractivity contribution in [2.75, 3.05) is 26.9 Å². The second kappa shape index (κ2) is 15.0. The van der Waals surface area contributed by atoms with E-state index in [2.05, 4.69) is 13.3 Å². The highest BCUT2D eigenvalue weighted by atomic mass is 28.4. The lowest BCUT2D eigenvalue weighted by Crippen LogP contribution is -2.59. The van der Waals surface area contributed by atoms with E-state index in [1.807, 2.05) is 0 Å². The monoisotopic (exact) mass is 596 g/mol. The van der Waals surface area contributed by atoms with Crippen molar-refractivity contribution < 1.29 is 61.7 Å². The third-order valence-corrected chi connectivity index (χ3v) is 10.1. The van der Waals surface area contributed by atoms with Gasteiger partial charge in [0.25, 0.3) is 0 Å². The third kappa shape index (κ3) is 10.3. The first-order valence-electron chi connectivity index (χ1n) is 11.1. The van der Waals surface area contributed by atoms with Gasteiger partial charge in [-0.05, 0) is 32.9 Å². The summed E-state index contributed by atoms with van der Waals surface area (Å²) < 4.78 is 128. The minimum absolute atomic E-state index is 0.204. The highest BCUT2D eigenvalue weighted by Crippen LogP contribution is 2.29. The van der Waals surface area contributed by atoms with Gasteiger partial charge in [0.2, 0.25) is 0 Å². The van der Waals surface area contributed by atoms with Crippen molar-refractivity contribution in [3.8, 4) is 0 Å². The normalized spacial score (nSPS) is 14.1. The van der Waals surface area contributed by atoms with E-state index in [4.69, 9.17) is 13.3 Å². The second-order valence-electron chi connectivity index (χ2n) is 6.98. The van der Waals surface area contributed by atoms with Gasteiger partial charge in [-0.1, -0.05) is 42.5 Å². The highest BCUT2D eigenvalue weighted by molar-refractivity contribution is 6.75. The Morgan fingerprint density at radius 3 is 1.47 bits per heavy atom. The van der Waals surface area contributed by atoms with E-state index in [1.165, 1.54) is 42.5 Å². The zero-order chi connectivity index (χ0) is 29.0. The van der Waals surface area contributed by atoms with Crippen molar-refractivity contribution in [2.45, 2.75) is 39.9 Å². The van der Waals surface area contributed by atoms with Crippen LogP contribution in [0.3, 0.4) is 0 Å².